The Labute approximate surface area is 137 Å². The Morgan fingerprint density at radius 2 is 2.35 bits per heavy atom. The quantitative estimate of drug-likeness (QED) is 0.800. The molecule has 118 valence electrons. The predicted molar refractivity (Wildman–Crippen MR) is 90.1 cm³/mol. The molecule has 0 saturated carbocycles. The van der Waals surface area contributed by atoms with Gasteiger partial charge in [-0.25, -0.2) is 9.97 Å². The van der Waals surface area contributed by atoms with Crippen LogP contribution < -0.4 is 10.2 Å². The van der Waals surface area contributed by atoms with Gasteiger partial charge >= 0.3 is 0 Å². The number of aryl methyl sites for hydroxylation is 1. The highest BCUT2D eigenvalue weighted by atomic mass is 32.1. The molecular formula is C16H17N5OS. The van der Waals surface area contributed by atoms with Crippen LogP contribution in [0.4, 0.5) is 5.82 Å². The average molecular weight is 327 g/mol. The van der Waals surface area contributed by atoms with E-state index in [-0.39, 0.29) is 11.9 Å². The maximum atomic E-state index is 12.2. The van der Waals surface area contributed by atoms with Crippen LogP contribution in [0.25, 0.3) is 5.52 Å². The van der Waals surface area contributed by atoms with Crippen LogP contribution in [-0.2, 0) is 0 Å². The van der Waals surface area contributed by atoms with Crippen molar-refractivity contribution in [2.45, 2.75) is 19.4 Å². The lowest BCUT2D eigenvalue weighted by Crippen LogP contribution is -2.37. The first-order valence-electron chi connectivity index (χ1n) is 7.60. The minimum atomic E-state index is -0.0879. The maximum Gasteiger partial charge on any atom is 0.271 e. The summed E-state index contributed by atoms with van der Waals surface area (Å²) in [6.45, 7) is 3.56. The van der Waals surface area contributed by atoms with E-state index in [4.69, 9.17) is 0 Å². The van der Waals surface area contributed by atoms with Crippen LogP contribution in [0.3, 0.4) is 0 Å². The summed E-state index contributed by atoms with van der Waals surface area (Å²) < 4.78 is 2.06. The minimum Gasteiger partial charge on any atom is -0.353 e. The van der Waals surface area contributed by atoms with E-state index in [0.29, 0.717) is 5.69 Å². The molecule has 0 bridgehead atoms. The zero-order valence-electron chi connectivity index (χ0n) is 12.8. The van der Waals surface area contributed by atoms with E-state index in [1.807, 2.05) is 31.6 Å². The normalized spacial score (nSPS) is 17.8. The first-order chi connectivity index (χ1) is 11.2. The third-order valence-electron chi connectivity index (χ3n) is 4.11. The van der Waals surface area contributed by atoms with Gasteiger partial charge in [0.2, 0.25) is 0 Å². The highest BCUT2D eigenvalue weighted by molar-refractivity contribution is 7.09. The van der Waals surface area contributed by atoms with E-state index in [9.17, 15) is 4.79 Å². The van der Waals surface area contributed by atoms with Crippen molar-refractivity contribution in [1.82, 2.24) is 19.7 Å². The molecule has 4 heterocycles. The van der Waals surface area contributed by atoms with E-state index in [0.717, 1.165) is 35.9 Å². The molecule has 4 rings (SSSR count). The molecule has 3 aromatic rings. The summed E-state index contributed by atoms with van der Waals surface area (Å²) >= 11 is 1.50. The molecule has 1 amide bonds. The zero-order chi connectivity index (χ0) is 15.8. The summed E-state index contributed by atoms with van der Waals surface area (Å²) in [4.78, 5) is 23.2. The summed E-state index contributed by atoms with van der Waals surface area (Å²) in [6.07, 6.45) is 6.68. The molecule has 1 aliphatic heterocycles. The van der Waals surface area contributed by atoms with E-state index < -0.39 is 0 Å². The Morgan fingerprint density at radius 3 is 3.17 bits per heavy atom. The molecule has 0 aliphatic carbocycles. The number of fused-ring (bicyclic) bond motifs is 1. The van der Waals surface area contributed by atoms with E-state index >= 15 is 0 Å². The Balaban J connectivity index is 1.47. The van der Waals surface area contributed by atoms with Crippen molar-refractivity contribution in [1.29, 1.82) is 0 Å². The number of carbonyl (C=O) groups is 1. The molecule has 3 aromatic heterocycles. The van der Waals surface area contributed by atoms with E-state index in [1.54, 1.807) is 5.38 Å². The smallest absolute Gasteiger partial charge is 0.271 e. The fourth-order valence-electron chi connectivity index (χ4n) is 3.00. The van der Waals surface area contributed by atoms with Crippen molar-refractivity contribution in [3.63, 3.8) is 0 Å². The summed E-state index contributed by atoms with van der Waals surface area (Å²) in [5, 5.41) is 5.79. The molecule has 1 saturated heterocycles. The Kier molecular flexibility index (Phi) is 3.49. The molecule has 23 heavy (non-hydrogen) atoms. The number of hydrogen-bond donors (Lipinski definition) is 1. The molecule has 0 spiro atoms. The fraction of sp³-hybridized carbons (Fsp3) is 0.312. The SMILES string of the molecule is Cc1nc(C(=O)NC2CCN(c3nccn4cccc34)C2)cs1. The molecule has 1 unspecified atom stereocenters. The van der Waals surface area contributed by atoms with Gasteiger partial charge < -0.3 is 14.6 Å². The van der Waals surface area contributed by atoms with Crippen LogP contribution in [0.1, 0.15) is 21.9 Å². The second kappa shape index (κ2) is 5.66. The van der Waals surface area contributed by atoms with Gasteiger partial charge in [-0.05, 0) is 25.5 Å². The van der Waals surface area contributed by atoms with Gasteiger partial charge in [0.05, 0.1) is 10.5 Å². The van der Waals surface area contributed by atoms with Crippen LogP contribution in [0, 0.1) is 6.92 Å². The summed E-state index contributed by atoms with van der Waals surface area (Å²) in [6, 6.07) is 4.20. The van der Waals surface area contributed by atoms with Gasteiger partial charge in [-0.2, -0.15) is 0 Å². The number of rotatable bonds is 3. The highest BCUT2D eigenvalue weighted by Gasteiger charge is 2.26. The summed E-state index contributed by atoms with van der Waals surface area (Å²) in [5.74, 6) is 0.883. The molecule has 6 nitrogen and oxygen atoms in total. The Bertz CT molecular complexity index is 855. The van der Waals surface area contributed by atoms with Crippen molar-refractivity contribution >= 4 is 28.6 Å². The lowest BCUT2D eigenvalue weighted by atomic mass is 10.2. The van der Waals surface area contributed by atoms with Crippen molar-refractivity contribution in [3.05, 3.63) is 46.8 Å². The molecule has 0 aromatic carbocycles. The van der Waals surface area contributed by atoms with Crippen LogP contribution in [-0.4, -0.2) is 39.4 Å². The van der Waals surface area contributed by atoms with Crippen molar-refractivity contribution < 1.29 is 4.79 Å². The van der Waals surface area contributed by atoms with E-state index in [1.165, 1.54) is 11.3 Å². The van der Waals surface area contributed by atoms with Crippen LogP contribution in [0.5, 0.6) is 0 Å². The molecular weight excluding hydrogens is 310 g/mol. The van der Waals surface area contributed by atoms with Gasteiger partial charge in [-0.1, -0.05) is 0 Å². The Morgan fingerprint density at radius 1 is 1.43 bits per heavy atom. The topological polar surface area (TPSA) is 62.5 Å². The maximum absolute atomic E-state index is 12.2. The third-order valence-corrected chi connectivity index (χ3v) is 4.88. The largest absolute Gasteiger partial charge is 0.353 e. The highest BCUT2D eigenvalue weighted by Crippen LogP contribution is 2.23. The first-order valence-corrected chi connectivity index (χ1v) is 8.48. The molecule has 1 aliphatic rings. The molecule has 7 heteroatoms. The van der Waals surface area contributed by atoms with Gasteiger partial charge in [-0.3, -0.25) is 4.79 Å². The predicted octanol–water partition coefficient (Wildman–Crippen LogP) is 2.11. The van der Waals surface area contributed by atoms with Gasteiger partial charge in [0.15, 0.2) is 5.82 Å². The van der Waals surface area contributed by atoms with E-state index in [2.05, 4.69) is 30.7 Å². The molecule has 0 radical (unpaired) electrons. The second-order valence-corrected chi connectivity index (χ2v) is 6.77. The van der Waals surface area contributed by atoms with Crippen molar-refractivity contribution in [3.8, 4) is 0 Å². The monoisotopic (exact) mass is 327 g/mol. The summed E-state index contributed by atoms with van der Waals surface area (Å²) in [5.41, 5.74) is 1.60. The lowest BCUT2D eigenvalue weighted by molar-refractivity contribution is 0.0936. The number of anilines is 1. The Hall–Kier alpha value is -2.41. The summed E-state index contributed by atoms with van der Waals surface area (Å²) in [7, 11) is 0. The molecule has 1 N–H and O–H groups in total. The first kappa shape index (κ1) is 14.2. The lowest BCUT2D eigenvalue weighted by Gasteiger charge is -2.18. The number of nitrogens with one attached hydrogen (secondary N) is 1. The number of nitrogens with zero attached hydrogens (tertiary/aromatic N) is 4. The third kappa shape index (κ3) is 2.68. The standard InChI is InChI=1S/C16H17N5OS/c1-11-18-13(10-23-11)16(22)19-12-4-7-21(9-12)15-14-3-2-6-20(14)8-5-17-15/h2-3,5-6,8,10,12H,4,7,9H2,1H3,(H,19,22). The van der Waals surface area contributed by atoms with Crippen molar-refractivity contribution in [2.75, 3.05) is 18.0 Å². The molecule has 1 fully saturated rings. The van der Waals surface area contributed by atoms with Gasteiger partial charge in [-0.15, -0.1) is 11.3 Å². The van der Waals surface area contributed by atoms with Crippen molar-refractivity contribution in [2.24, 2.45) is 0 Å². The molecule has 1 atom stereocenters. The van der Waals surface area contributed by atoms with Crippen LogP contribution in [0.15, 0.2) is 36.1 Å². The van der Waals surface area contributed by atoms with Gasteiger partial charge in [0.25, 0.3) is 5.91 Å². The van der Waals surface area contributed by atoms with Crippen LogP contribution in [0.2, 0.25) is 0 Å². The number of amides is 1. The number of aromatic nitrogens is 3. The zero-order valence-corrected chi connectivity index (χ0v) is 13.6. The fourth-order valence-corrected chi connectivity index (χ4v) is 3.59. The second-order valence-electron chi connectivity index (χ2n) is 5.71. The van der Waals surface area contributed by atoms with Crippen LogP contribution >= 0.6 is 11.3 Å². The number of carbonyl (C=O) groups excluding carboxylic acids is 1. The average Bonchev–Trinajstić information content (AvgIpc) is 3.26. The number of hydrogen-bond acceptors (Lipinski definition) is 5. The minimum absolute atomic E-state index is 0.0879. The number of thiazole rings is 1. The van der Waals surface area contributed by atoms with Gasteiger partial charge in [0, 0.05) is 43.1 Å². The van der Waals surface area contributed by atoms with Gasteiger partial charge in [0.1, 0.15) is 5.69 Å².